The standard InChI is InChI=1S/C25H22ClN3O4S/c1-32-21-12-18(8-9-20(21)33-14-23(30)28-10-2-3-11-28)29-15-27-19-13-22(34-24(19)25(29)31)16-4-6-17(26)7-5-16/h4-9,12-13,15H,2-3,10-11,14H2,1H3. The van der Waals surface area contributed by atoms with Gasteiger partial charge in [0.05, 0.1) is 18.3 Å². The highest BCUT2D eigenvalue weighted by atomic mass is 35.5. The zero-order chi connectivity index (χ0) is 23.7. The van der Waals surface area contributed by atoms with Gasteiger partial charge in [-0.05, 0) is 48.7 Å². The summed E-state index contributed by atoms with van der Waals surface area (Å²) in [5, 5.41) is 0.659. The van der Waals surface area contributed by atoms with Crippen LogP contribution in [0.3, 0.4) is 0 Å². The monoisotopic (exact) mass is 495 g/mol. The van der Waals surface area contributed by atoms with Crippen molar-refractivity contribution in [2.45, 2.75) is 12.8 Å². The molecule has 4 aromatic rings. The van der Waals surface area contributed by atoms with Gasteiger partial charge in [-0.25, -0.2) is 4.98 Å². The van der Waals surface area contributed by atoms with E-state index in [2.05, 4.69) is 4.98 Å². The second-order valence-corrected chi connectivity index (χ2v) is 9.45. The van der Waals surface area contributed by atoms with Gasteiger partial charge in [0.15, 0.2) is 18.1 Å². The zero-order valence-corrected chi connectivity index (χ0v) is 20.1. The highest BCUT2D eigenvalue weighted by molar-refractivity contribution is 7.22. The largest absolute Gasteiger partial charge is 0.493 e. The van der Waals surface area contributed by atoms with E-state index in [9.17, 15) is 9.59 Å². The zero-order valence-electron chi connectivity index (χ0n) is 18.5. The Bertz CT molecular complexity index is 1410. The van der Waals surface area contributed by atoms with Crippen molar-refractivity contribution in [3.8, 4) is 27.6 Å². The summed E-state index contributed by atoms with van der Waals surface area (Å²) in [5.74, 6) is 0.845. The molecule has 1 saturated heterocycles. The van der Waals surface area contributed by atoms with Crippen LogP contribution in [0.25, 0.3) is 26.3 Å². The first kappa shape index (κ1) is 22.4. The molecule has 3 heterocycles. The van der Waals surface area contributed by atoms with Crippen molar-refractivity contribution in [1.82, 2.24) is 14.5 Å². The molecule has 0 N–H and O–H groups in total. The summed E-state index contributed by atoms with van der Waals surface area (Å²) in [7, 11) is 1.52. The lowest BCUT2D eigenvalue weighted by molar-refractivity contribution is -0.132. The minimum Gasteiger partial charge on any atom is -0.493 e. The average Bonchev–Trinajstić information content (AvgIpc) is 3.54. The Morgan fingerprint density at radius 2 is 1.85 bits per heavy atom. The molecule has 1 fully saturated rings. The summed E-state index contributed by atoms with van der Waals surface area (Å²) in [6.45, 7) is 1.50. The molecule has 9 heteroatoms. The van der Waals surface area contributed by atoms with E-state index in [1.807, 2.05) is 30.3 Å². The van der Waals surface area contributed by atoms with Crippen LogP contribution >= 0.6 is 22.9 Å². The minimum atomic E-state index is -0.171. The van der Waals surface area contributed by atoms with Gasteiger partial charge >= 0.3 is 0 Å². The lowest BCUT2D eigenvalue weighted by Crippen LogP contribution is -2.32. The van der Waals surface area contributed by atoms with Gasteiger partial charge in [0.1, 0.15) is 11.0 Å². The van der Waals surface area contributed by atoms with Crippen molar-refractivity contribution < 1.29 is 14.3 Å². The third-order valence-corrected chi connectivity index (χ3v) is 7.22. The van der Waals surface area contributed by atoms with Crippen LogP contribution < -0.4 is 15.0 Å². The number of rotatable bonds is 6. The summed E-state index contributed by atoms with van der Waals surface area (Å²) in [6.07, 6.45) is 3.57. The normalized spacial score (nSPS) is 13.4. The van der Waals surface area contributed by atoms with Gasteiger partial charge in [-0.15, -0.1) is 11.3 Å². The fraction of sp³-hybridized carbons (Fsp3) is 0.240. The van der Waals surface area contributed by atoms with E-state index < -0.39 is 0 Å². The molecule has 5 rings (SSSR count). The third kappa shape index (κ3) is 4.38. The average molecular weight is 496 g/mol. The number of hydrogen-bond acceptors (Lipinski definition) is 6. The number of carbonyl (C=O) groups excluding carboxylic acids is 1. The Balaban J connectivity index is 1.42. The van der Waals surface area contributed by atoms with Crippen LogP contribution in [0.4, 0.5) is 0 Å². The van der Waals surface area contributed by atoms with E-state index in [1.165, 1.54) is 29.3 Å². The molecule has 1 aliphatic heterocycles. The lowest BCUT2D eigenvalue weighted by Gasteiger charge is -2.17. The molecule has 0 unspecified atom stereocenters. The first-order valence-electron chi connectivity index (χ1n) is 10.9. The van der Waals surface area contributed by atoms with Crippen molar-refractivity contribution in [2.24, 2.45) is 0 Å². The van der Waals surface area contributed by atoms with Crippen molar-refractivity contribution in [1.29, 1.82) is 0 Å². The van der Waals surface area contributed by atoms with E-state index in [1.54, 1.807) is 23.1 Å². The van der Waals surface area contributed by atoms with Gasteiger partial charge in [-0.1, -0.05) is 23.7 Å². The van der Waals surface area contributed by atoms with Crippen LogP contribution in [0.15, 0.2) is 59.7 Å². The molecule has 1 amide bonds. The van der Waals surface area contributed by atoms with E-state index >= 15 is 0 Å². The number of aromatic nitrogens is 2. The second kappa shape index (κ2) is 9.48. The molecule has 0 radical (unpaired) electrons. The van der Waals surface area contributed by atoms with E-state index in [4.69, 9.17) is 21.1 Å². The molecule has 0 bridgehead atoms. The second-order valence-electron chi connectivity index (χ2n) is 7.96. The number of ether oxygens (including phenoxy) is 2. The fourth-order valence-corrected chi connectivity index (χ4v) is 5.15. The Labute approximate surface area is 205 Å². The maximum absolute atomic E-state index is 13.3. The number of benzene rings is 2. The number of halogens is 1. The van der Waals surface area contributed by atoms with Crippen molar-refractivity contribution in [3.63, 3.8) is 0 Å². The predicted molar refractivity (Wildman–Crippen MR) is 134 cm³/mol. The summed E-state index contributed by atoms with van der Waals surface area (Å²) < 4.78 is 13.2. The summed E-state index contributed by atoms with van der Waals surface area (Å²) in [6, 6.07) is 14.6. The molecule has 174 valence electrons. The maximum Gasteiger partial charge on any atom is 0.275 e. The number of amides is 1. The number of nitrogens with zero attached hydrogens (tertiary/aromatic N) is 3. The van der Waals surface area contributed by atoms with Crippen LogP contribution in [0.2, 0.25) is 5.02 Å². The van der Waals surface area contributed by atoms with Crippen LogP contribution in [0, 0.1) is 0 Å². The van der Waals surface area contributed by atoms with E-state index in [0.29, 0.717) is 32.4 Å². The van der Waals surface area contributed by atoms with Crippen LogP contribution in [-0.2, 0) is 4.79 Å². The summed E-state index contributed by atoms with van der Waals surface area (Å²) in [5.41, 5.74) is 2.04. The van der Waals surface area contributed by atoms with Gasteiger partial charge in [0.2, 0.25) is 0 Å². The lowest BCUT2D eigenvalue weighted by atomic mass is 10.2. The number of fused-ring (bicyclic) bond motifs is 1. The number of carbonyl (C=O) groups is 1. The molecular weight excluding hydrogens is 474 g/mol. The van der Waals surface area contributed by atoms with Crippen molar-refractivity contribution in [2.75, 3.05) is 26.8 Å². The maximum atomic E-state index is 13.3. The molecule has 0 atom stereocenters. The quantitative estimate of drug-likeness (QED) is 0.385. The molecule has 1 aliphatic rings. The molecule has 0 spiro atoms. The first-order chi connectivity index (χ1) is 16.5. The number of hydrogen-bond donors (Lipinski definition) is 0. The first-order valence-corrected chi connectivity index (χ1v) is 12.1. The van der Waals surface area contributed by atoms with Crippen LogP contribution in [-0.4, -0.2) is 47.2 Å². The molecule has 0 aliphatic carbocycles. The van der Waals surface area contributed by atoms with E-state index in [0.717, 1.165) is 36.4 Å². The van der Waals surface area contributed by atoms with Crippen molar-refractivity contribution >= 4 is 39.1 Å². The summed E-state index contributed by atoms with van der Waals surface area (Å²) >= 11 is 7.38. The fourth-order valence-electron chi connectivity index (χ4n) is 3.98. The smallest absolute Gasteiger partial charge is 0.275 e. The van der Waals surface area contributed by atoms with Crippen LogP contribution in [0.5, 0.6) is 11.5 Å². The molecule has 34 heavy (non-hydrogen) atoms. The molecule has 7 nitrogen and oxygen atoms in total. The SMILES string of the molecule is COc1cc(-n2cnc3cc(-c4ccc(Cl)cc4)sc3c2=O)ccc1OCC(=O)N1CCCC1. The minimum absolute atomic E-state index is 0.0383. The number of methoxy groups -OCH3 is 1. The van der Waals surface area contributed by atoms with Gasteiger partial charge in [-0.3, -0.25) is 14.2 Å². The van der Waals surface area contributed by atoms with Gasteiger partial charge < -0.3 is 14.4 Å². The van der Waals surface area contributed by atoms with Gasteiger partial charge in [0.25, 0.3) is 11.5 Å². The highest BCUT2D eigenvalue weighted by Gasteiger charge is 2.19. The Morgan fingerprint density at radius 1 is 1.09 bits per heavy atom. The predicted octanol–water partition coefficient (Wildman–Crippen LogP) is 4.78. The van der Waals surface area contributed by atoms with Crippen LogP contribution in [0.1, 0.15) is 12.8 Å². The molecular formula is C25H22ClN3O4S. The molecule has 0 saturated carbocycles. The van der Waals surface area contributed by atoms with Crippen molar-refractivity contribution in [3.05, 3.63) is 70.2 Å². The number of likely N-dealkylation sites (tertiary alicyclic amines) is 1. The Hall–Kier alpha value is -3.36. The topological polar surface area (TPSA) is 73.7 Å². The Kier molecular flexibility index (Phi) is 6.26. The van der Waals surface area contributed by atoms with Gasteiger partial charge in [-0.2, -0.15) is 0 Å². The van der Waals surface area contributed by atoms with E-state index in [-0.39, 0.29) is 18.1 Å². The highest BCUT2D eigenvalue weighted by Crippen LogP contribution is 2.33. The van der Waals surface area contributed by atoms with Gasteiger partial charge in [0, 0.05) is 29.1 Å². The Morgan fingerprint density at radius 3 is 2.59 bits per heavy atom. The molecule has 2 aromatic carbocycles. The third-order valence-electron chi connectivity index (χ3n) is 5.80. The number of thiophene rings is 1. The molecule has 2 aromatic heterocycles. The summed E-state index contributed by atoms with van der Waals surface area (Å²) in [4.78, 5) is 32.8.